The van der Waals surface area contributed by atoms with Gasteiger partial charge >= 0.3 is 11.9 Å². The molecule has 1 rings (SSSR count). The Morgan fingerprint density at radius 1 is 1.30 bits per heavy atom. The zero-order valence-electron chi connectivity index (χ0n) is 11.3. The Labute approximate surface area is 116 Å². The molecule has 0 aliphatic rings. The minimum Gasteiger partial charge on any atom is -0.493 e. The van der Waals surface area contributed by atoms with Gasteiger partial charge in [0, 0.05) is 6.54 Å². The molecule has 1 aromatic rings. The molecule has 0 heterocycles. The second-order valence-corrected chi connectivity index (χ2v) is 4.11. The molecule has 20 heavy (non-hydrogen) atoms. The lowest BCUT2D eigenvalue weighted by atomic mass is 10.2. The molecule has 0 aromatic heterocycles. The Kier molecular flexibility index (Phi) is 5.79. The quantitative estimate of drug-likeness (QED) is 0.645. The first-order valence-electron chi connectivity index (χ1n) is 5.91. The number of rotatable bonds is 8. The third-order valence-electron chi connectivity index (χ3n) is 2.56. The van der Waals surface area contributed by atoms with Crippen LogP contribution in [0.1, 0.15) is 12.5 Å². The second kappa shape index (κ2) is 7.34. The Bertz CT molecular complexity index is 488. The Balaban J connectivity index is 2.71. The number of benzene rings is 1. The van der Waals surface area contributed by atoms with E-state index in [0.29, 0.717) is 18.0 Å². The molecule has 7 nitrogen and oxygen atoms in total. The van der Waals surface area contributed by atoms with Crippen molar-refractivity contribution in [2.45, 2.75) is 19.5 Å². The predicted octanol–water partition coefficient (Wildman–Crippen LogP) is 0.721. The third kappa shape index (κ3) is 4.77. The lowest BCUT2D eigenvalue weighted by molar-refractivity contribution is -0.140. The summed E-state index contributed by atoms with van der Waals surface area (Å²) in [7, 11) is 1.44. The van der Waals surface area contributed by atoms with Gasteiger partial charge in [-0.3, -0.25) is 4.79 Å². The van der Waals surface area contributed by atoms with Crippen LogP contribution < -0.4 is 14.8 Å². The molecule has 3 N–H and O–H groups in total. The summed E-state index contributed by atoms with van der Waals surface area (Å²) < 4.78 is 10.2. The first-order chi connectivity index (χ1) is 9.43. The fourth-order valence-corrected chi connectivity index (χ4v) is 1.44. The lowest BCUT2D eigenvalue weighted by Crippen LogP contribution is -2.33. The Morgan fingerprint density at radius 2 is 2.00 bits per heavy atom. The van der Waals surface area contributed by atoms with Gasteiger partial charge in [0.1, 0.15) is 6.04 Å². The number of carboxylic acid groups (broad SMARTS) is 2. The highest BCUT2D eigenvalue weighted by Gasteiger charge is 2.11. The first-order valence-corrected chi connectivity index (χ1v) is 5.91. The number of carboxylic acids is 2. The molecule has 0 saturated heterocycles. The number of methoxy groups -OCH3 is 1. The number of nitrogens with one attached hydrogen (secondary N) is 1. The van der Waals surface area contributed by atoms with Crippen LogP contribution in [0.3, 0.4) is 0 Å². The van der Waals surface area contributed by atoms with Gasteiger partial charge in [-0.15, -0.1) is 0 Å². The van der Waals surface area contributed by atoms with Crippen molar-refractivity contribution >= 4 is 11.9 Å². The standard InChI is InChI=1S/C13H17NO6/c1-8(13(17)18)14-6-9-3-4-10(11(5-9)19-2)20-7-12(15)16/h3-5,8,14H,6-7H2,1-2H3,(H,15,16)(H,17,18). The minimum absolute atomic E-state index is 0.324. The van der Waals surface area contributed by atoms with Gasteiger partial charge in [-0.05, 0) is 24.6 Å². The van der Waals surface area contributed by atoms with E-state index in [4.69, 9.17) is 19.7 Å². The van der Waals surface area contributed by atoms with E-state index in [1.165, 1.54) is 7.11 Å². The maximum absolute atomic E-state index is 10.7. The van der Waals surface area contributed by atoms with Crippen molar-refractivity contribution in [3.05, 3.63) is 23.8 Å². The molecule has 1 aromatic carbocycles. The van der Waals surface area contributed by atoms with Crippen LogP contribution in [-0.2, 0) is 16.1 Å². The maximum Gasteiger partial charge on any atom is 0.341 e. The van der Waals surface area contributed by atoms with E-state index >= 15 is 0 Å². The molecular weight excluding hydrogens is 266 g/mol. The molecule has 0 aliphatic heterocycles. The first kappa shape index (κ1) is 15.8. The predicted molar refractivity (Wildman–Crippen MR) is 70.1 cm³/mol. The molecular formula is C13H17NO6. The monoisotopic (exact) mass is 283 g/mol. The van der Waals surface area contributed by atoms with Crippen molar-refractivity contribution < 1.29 is 29.3 Å². The normalized spacial score (nSPS) is 11.7. The fourth-order valence-electron chi connectivity index (χ4n) is 1.44. The molecule has 7 heteroatoms. The summed E-state index contributed by atoms with van der Waals surface area (Å²) in [5.41, 5.74) is 0.803. The van der Waals surface area contributed by atoms with Gasteiger partial charge in [-0.25, -0.2) is 4.79 Å². The van der Waals surface area contributed by atoms with Gasteiger partial charge in [0.2, 0.25) is 0 Å². The van der Waals surface area contributed by atoms with Crippen molar-refractivity contribution in [2.24, 2.45) is 0 Å². The van der Waals surface area contributed by atoms with Crippen molar-refractivity contribution in [2.75, 3.05) is 13.7 Å². The van der Waals surface area contributed by atoms with E-state index in [0.717, 1.165) is 5.56 Å². The minimum atomic E-state index is -1.08. The molecule has 0 fully saturated rings. The fraction of sp³-hybridized carbons (Fsp3) is 0.385. The topological polar surface area (TPSA) is 105 Å². The molecule has 0 spiro atoms. The molecule has 0 aliphatic carbocycles. The van der Waals surface area contributed by atoms with Crippen LogP contribution in [0.5, 0.6) is 11.5 Å². The van der Waals surface area contributed by atoms with Crippen molar-refractivity contribution in [3.8, 4) is 11.5 Å². The van der Waals surface area contributed by atoms with E-state index in [1.807, 2.05) is 0 Å². The van der Waals surface area contributed by atoms with Gasteiger partial charge in [0.15, 0.2) is 18.1 Å². The highest BCUT2D eigenvalue weighted by atomic mass is 16.5. The van der Waals surface area contributed by atoms with Crippen molar-refractivity contribution in [1.29, 1.82) is 0 Å². The number of ether oxygens (including phenoxy) is 2. The van der Waals surface area contributed by atoms with Gasteiger partial charge in [-0.1, -0.05) is 6.07 Å². The molecule has 1 atom stereocenters. The van der Waals surface area contributed by atoms with E-state index < -0.39 is 24.6 Å². The van der Waals surface area contributed by atoms with Crippen LogP contribution >= 0.6 is 0 Å². The average Bonchev–Trinajstić information content (AvgIpc) is 2.42. The van der Waals surface area contributed by atoms with Gasteiger partial charge in [0.25, 0.3) is 0 Å². The molecule has 0 saturated carbocycles. The Hall–Kier alpha value is -2.28. The zero-order valence-corrected chi connectivity index (χ0v) is 11.3. The van der Waals surface area contributed by atoms with Crippen LogP contribution in [0.4, 0.5) is 0 Å². The molecule has 110 valence electrons. The summed E-state index contributed by atoms with van der Waals surface area (Å²) in [5.74, 6) is -1.29. The van der Waals surface area contributed by atoms with Gasteiger partial charge in [0.05, 0.1) is 7.11 Å². The van der Waals surface area contributed by atoms with E-state index in [1.54, 1.807) is 25.1 Å². The molecule has 0 bridgehead atoms. The van der Waals surface area contributed by atoms with Crippen LogP contribution in [0.15, 0.2) is 18.2 Å². The van der Waals surface area contributed by atoms with E-state index in [2.05, 4.69) is 5.32 Å². The number of hydrogen-bond donors (Lipinski definition) is 3. The lowest BCUT2D eigenvalue weighted by Gasteiger charge is -2.12. The van der Waals surface area contributed by atoms with E-state index in [-0.39, 0.29) is 0 Å². The van der Waals surface area contributed by atoms with Crippen molar-refractivity contribution in [3.63, 3.8) is 0 Å². The number of carbonyl (C=O) groups is 2. The summed E-state index contributed by atoms with van der Waals surface area (Å²) in [5, 5.41) is 20.2. The van der Waals surface area contributed by atoms with E-state index in [9.17, 15) is 9.59 Å². The summed E-state index contributed by atoms with van der Waals surface area (Å²) >= 11 is 0. The number of aliphatic carboxylic acids is 2. The number of hydrogen-bond acceptors (Lipinski definition) is 5. The largest absolute Gasteiger partial charge is 0.493 e. The SMILES string of the molecule is COc1cc(CNC(C)C(=O)O)ccc1OCC(=O)O. The molecule has 0 radical (unpaired) electrons. The molecule has 0 amide bonds. The Morgan fingerprint density at radius 3 is 2.55 bits per heavy atom. The van der Waals surface area contributed by atoms with Gasteiger partial charge < -0.3 is 25.0 Å². The maximum atomic E-state index is 10.7. The summed E-state index contributed by atoms with van der Waals surface area (Å²) in [6.45, 7) is 1.44. The van der Waals surface area contributed by atoms with Crippen LogP contribution in [0, 0.1) is 0 Å². The van der Waals surface area contributed by atoms with Gasteiger partial charge in [-0.2, -0.15) is 0 Å². The van der Waals surface area contributed by atoms with Crippen LogP contribution in [-0.4, -0.2) is 41.9 Å². The second-order valence-electron chi connectivity index (χ2n) is 4.11. The smallest absolute Gasteiger partial charge is 0.341 e. The van der Waals surface area contributed by atoms with Crippen LogP contribution in [0.25, 0.3) is 0 Å². The van der Waals surface area contributed by atoms with Crippen LogP contribution in [0.2, 0.25) is 0 Å². The molecule has 1 unspecified atom stereocenters. The highest BCUT2D eigenvalue weighted by molar-refractivity contribution is 5.72. The highest BCUT2D eigenvalue weighted by Crippen LogP contribution is 2.28. The average molecular weight is 283 g/mol. The zero-order chi connectivity index (χ0) is 15.1. The summed E-state index contributed by atoms with van der Waals surface area (Å²) in [6, 6.07) is 4.30. The van der Waals surface area contributed by atoms with Crippen molar-refractivity contribution in [1.82, 2.24) is 5.32 Å². The summed E-state index contributed by atoms with van der Waals surface area (Å²) in [6.07, 6.45) is 0. The summed E-state index contributed by atoms with van der Waals surface area (Å²) in [4.78, 5) is 21.1. The third-order valence-corrected chi connectivity index (χ3v) is 2.56.